The van der Waals surface area contributed by atoms with Crippen molar-refractivity contribution in [3.05, 3.63) is 62.4 Å². The minimum atomic E-state index is -1.87. The number of aromatic nitrogens is 2. The van der Waals surface area contributed by atoms with Crippen molar-refractivity contribution in [3.8, 4) is 11.4 Å². The molecule has 0 amide bonds. The van der Waals surface area contributed by atoms with Crippen molar-refractivity contribution in [2.75, 3.05) is 0 Å². The van der Waals surface area contributed by atoms with Gasteiger partial charge in [0.15, 0.2) is 0 Å². The summed E-state index contributed by atoms with van der Waals surface area (Å²) in [7, 11) is 0. The fourth-order valence-electron chi connectivity index (χ4n) is 4.40. The second-order valence-electron chi connectivity index (χ2n) is 7.49. The Morgan fingerprint density at radius 2 is 2.00 bits per heavy atom. The number of carbonyl (C=O) groups excluding carboxylic acids is 1. The molecule has 148 valence electrons. The number of aryl methyl sites for hydroxylation is 2. The minimum Gasteiger partial charge on any atom is -0.458 e. The van der Waals surface area contributed by atoms with Gasteiger partial charge >= 0.3 is 5.97 Å². The maximum absolute atomic E-state index is 13.2. The van der Waals surface area contributed by atoms with E-state index in [1.165, 1.54) is 11.1 Å². The standard InChI is InChI=1S/C22H19IN2O4/c1-3-11-5-6-17-13(7-11)12(4-2)14-9-25-18(19(14)24-17)8-16-15(20(25)26)10-29-21(27)22(16,23)28/h5-8,28H,3-4,9-10H2,1-2H3/t22-/m0/s1. The number of rotatable bonds is 2. The second kappa shape index (κ2) is 6.37. The van der Waals surface area contributed by atoms with E-state index >= 15 is 0 Å². The predicted molar refractivity (Wildman–Crippen MR) is 117 cm³/mol. The van der Waals surface area contributed by atoms with Crippen molar-refractivity contribution in [1.82, 2.24) is 9.55 Å². The monoisotopic (exact) mass is 502 g/mol. The number of hydrogen-bond acceptors (Lipinski definition) is 5. The second-order valence-corrected chi connectivity index (χ2v) is 9.05. The van der Waals surface area contributed by atoms with Gasteiger partial charge in [0.25, 0.3) is 5.56 Å². The zero-order valence-corrected chi connectivity index (χ0v) is 18.2. The average Bonchev–Trinajstić information content (AvgIpc) is 3.08. The van der Waals surface area contributed by atoms with Gasteiger partial charge in [-0.15, -0.1) is 0 Å². The molecule has 0 aliphatic carbocycles. The first-order chi connectivity index (χ1) is 13.9. The number of hydrogen-bond donors (Lipinski definition) is 1. The lowest BCUT2D eigenvalue weighted by Crippen LogP contribution is -2.40. The molecule has 6 nitrogen and oxygen atoms in total. The number of pyridine rings is 2. The molecule has 1 N–H and O–H groups in total. The van der Waals surface area contributed by atoms with Gasteiger partial charge in [-0.3, -0.25) is 4.79 Å². The van der Waals surface area contributed by atoms with Crippen LogP contribution in [0.5, 0.6) is 0 Å². The summed E-state index contributed by atoms with van der Waals surface area (Å²) in [5.74, 6) is -0.749. The van der Waals surface area contributed by atoms with E-state index in [9.17, 15) is 14.7 Å². The average molecular weight is 502 g/mol. The lowest BCUT2D eigenvalue weighted by Gasteiger charge is -2.27. The predicted octanol–water partition coefficient (Wildman–Crippen LogP) is 3.19. The van der Waals surface area contributed by atoms with E-state index in [-0.39, 0.29) is 12.2 Å². The highest BCUT2D eigenvalue weighted by Crippen LogP contribution is 2.41. The van der Waals surface area contributed by atoms with Gasteiger partial charge in [0, 0.05) is 16.5 Å². The molecule has 29 heavy (non-hydrogen) atoms. The maximum atomic E-state index is 13.2. The molecule has 4 heterocycles. The highest BCUT2D eigenvalue weighted by atomic mass is 127. The number of cyclic esters (lactones) is 1. The van der Waals surface area contributed by atoms with Crippen LogP contribution in [-0.4, -0.2) is 20.6 Å². The van der Waals surface area contributed by atoms with Crippen LogP contribution in [0.2, 0.25) is 0 Å². The Labute approximate surface area is 180 Å². The van der Waals surface area contributed by atoms with E-state index < -0.39 is 9.58 Å². The summed E-state index contributed by atoms with van der Waals surface area (Å²) >= 11 is 1.64. The molecule has 3 aromatic rings. The Hall–Kier alpha value is -2.26. The van der Waals surface area contributed by atoms with Crippen LogP contribution in [0.15, 0.2) is 29.1 Å². The van der Waals surface area contributed by atoms with Crippen molar-refractivity contribution < 1.29 is 14.6 Å². The smallest absolute Gasteiger partial charge is 0.353 e. The largest absolute Gasteiger partial charge is 0.458 e. The molecule has 2 aromatic heterocycles. The molecule has 0 saturated heterocycles. The quantitative estimate of drug-likeness (QED) is 0.259. The molecule has 5 rings (SSSR count). The number of benzene rings is 1. The zero-order chi connectivity index (χ0) is 20.5. The van der Waals surface area contributed by atoms with Crippen LogP contribution >= 0.6 is 22.6 Å². The van der Waals surface area contributed by atoms with Crippen LogP contribution in [0, 0.1) is 0 Å². The SMILES string of the molecule is CCc1ccc2nc3c(c(CC)c2c1)Cn1c-3cc2c(c1=O)COC(=O)[C@]2(O)I. The summed E-state index contributed by atoms with van der Waals surface area (Å²) < 4.78 is 4.86. The van der Waals surface area contributed by atoms with Crippen LogP contribution in [-0.2, 0) is 39.1 Å². The molecule has 0 saturated carbocycles. The van der Waals surface area contributed by atoms with Crippen LogP contribution in [0.1, 0.15) is 41.7 Å². The molecule has 0 radical (unpaired) electrons. The van der Waals surface area contributed by atoms with E-state index in [0.717, 1.165) is 35.0 Å². The first-order valence-electron chi connectivity index (χ1n) is 9.67. The third-order valence-electron chi connectivity index (χ3n) is 5.96. The Balaban J connectivity index is 1.82. The van der Waals surface area contributed by atoms with Gasteiger partial charge in [-0.25, -0.2) is 9.78 Å². The maximum Gasteiger partial charge on any atom is 0.353 e. The molecule has 2 aliphatic rings. The molecule has 0 fully saturated rings. The summed E-state index contributed by atoms with van der Waals surface area (Å²) in [5, 5.41) is 11.8. The van der Waals surface area contributed by atoms with Crippen molar-refractivity contribution in [2.45, 2.75) is 43.4 Å². The van der Waals surface area contributed by atoms with E-state index in [2.05, 4.69) is 26.0 Å². The van der Waals surface area contributed by atoms with Gasteiger partial charge in [-0.1, -0.05) is 19.9 Å². The molecule has 0 spiro atoms. The summed E-state index contributed by atoms with van der Waals surface area (Å²) in [6.45, 7) is 4.56. The lowest BCUT2D eigenvalue weighted by molar-refractivity contribution is -0.159. The number of nitrogens with zero attached hydrogens (tertiary/aromatic N) is 2. The van der Waals surface area contributed by atoms with Gasteiger partial charge in [0.1, 0.15) is 6.61 Å². The topological polar surface area (TPSA) is 81.4 Å². The summed E-state index contributed by atoms with van der Waals surface area (Å²) in [6, 6.07) is 8.02. The zero-order valence-electron chi connectivity index (χ0n) is 16.1. The number of alkyl halides is 1. The summed E-state index contributed by atoms with van der Waals surface area (Å²) in [4.78, 5) is 30.1. The number of ether oxygens (including phenoxy) is 1. The van der Waals surface area contributed by atoms with E-state index in [0.29, 0.717) is 23.4 Å². The van der Waals surface area contributed by atoms with Crippen LogP contribution in [0.4, 0.5) is 0 Å². The third kappa shape index (κ3) is 2.53. The van der Waals surface area contributed by atoms with Gasteiger partial charge in [0.05, 0.1) is 29.0 Å². The fraction of sp³-hybridized carbons (Fsp3) is 0.318. The molecule has 2 aliphatic heterocycles. The third-order valence-corrected chi connectivity index (χ3v) is 6.99. The Morgan fingerprint density at radius 3 is 2.72 bits per heavy atom. The molecule has 1 aromatic carbocycles. The Morgan fingerprint density at radius 1 is 1.21 bits per heavy atom. The van der Waals surface area contributed by atoms with E-state index in [4.69, 9.17) is 9.72 Å². The number of esters is 1. The fourth-order valence-corrected chi connectivity index (χ4v) is 5.04. The highest BCUT2D eigenvalue weighted by Gasteiger charge is 2.44. The number of aliphatic hydroxyl groups is 1. The van der Waals surface area contributed by atoms with Crippen molar-refractivity contribution in [3.63, 3.8) is 0 Å². The number of fused-ring (bicyclic) bond motifs is 5. The van der Waals surface area contributed by atoms with Gasteiger partial charge < -0.3 is 14.4 Å². The molecule has 0 unspecified atom stereocenters. The van der Waals surface area contributed by atoms with Crippen molar-refractivity contribution in [2.24, 2.45) is 0 Å². The minimum absolute atomic E-state index is 0.120. The van der Waals surface area contributed by atoms with Gasteiger partial charge in [-0.05, 0) is 64.8 Å². The van der Waals surface area contributed by atoms with Crippen LogP contribution in [0.25, 0.3) is 22.3 Å². The molecular formula is C22H19IN2O4. The van der Waals surface area contributed by atoms with Crippen LogP contribution in [0.3, 0.4) is 0 Å². The first kappa shape index (κ1) is 18.7. The van der Waals surface area contributed by atoms with E-state index in [1.54, 1.807) is 33.2 Å². The Bertz CT molecular complexity index is 1280. The normalized spacial score (nSPS) is 19.7. The molecule has 0 bridgehead atoms. The molecule has 1 atom stereocenters. The molecule has 7 heteroatoms. The highest BCUT2D eigenvalue weighted by molar-refractivity contribution is 14.1. The number of halogens is 1. The van der Waals surface area contributed by atoms with Gasteiger partial charge in [-0.2, -0.15) is 0 Å². The van der Waals surface area contributed by atoms with Gasteiger partial charge in [0.2, 0.25) is 3.61 Å². The van der Waals surface area contributed by atoms with Crippen molar-refractivity contribution >= 4 is 39.5 Å². The summed E-state index contributed by atoms with van der Waals surface area (Å²) in [5.41, 5.74) is 6.17. The number of carbonyl (C=O) groups is 1. The Kier molecular flexibility index (Phi) is 4.12. The summed E-state index contributed by atoms with van der Waals surface area (Å²) in [6.07, 6.45) is 1.78. The van der Waals surface area contributed by atoms with Crippen molar-refractivity contribution in [1.29, 1.82) is 0 Å². The lowest BCUT2D eigenvalue weighted by atomic mass is 9.96. The van der Waals surface area contributed by atoms with Crippen LogP contribution < -0.4 is 5.56 Å². The van der Waals surface area contributed by atoms with E-state index in [1.807, 2.05) is 6.07 Å². The molecular weight excluding hydrogens is 483 g/mol. The first-order valence-corrected chi connectivity index (χ1v) is 10.7.